The van der Waals surface area contributed by atoms with Crippen LogP contribution in [0.1, 0.15) is 37.6 Å². The number of hydrogen-bond acceptors (Lipinski definition) is 3. The molecule has 0 saturated carbocycles. The van der Waals surface area contributed by atoms with Gasteiger partial charge in [0.05, 0.1) is 11.5 Å². The number of nitrogens with one attached hydrogen (secondary N) is 1. The molecule has 1 atom stereocenters. The van der Waals surface area contributed by atoms with Crippen LogP contribution in [0.3, 0.4) is 0 Å². The van der Waals surface area contributed by atoms with E-state index in [4.69, 9.17) is 5.11 Å². The van der Waals surface area contributed by atoms with Crippen LogP contribution in [0.2, 0.25) is 0 Å². The molecule has 0 bridgehead atoms. The first-order valence-electron chi connectivity index (χ1n) is 6.32. The van der Waals surface area contributed by atoms with Gasteiger partial charge < -0.3 is 10.4 Å². The van der Waals surface area contributed by atoms with E-state index in [2.05, 4.69) is 10.3 Å². The Hall–Kier alpha value is -1.98. The molecule has 1 unspecified atom stereocenters. The lowest BCUT2D eigenvalue weighted by Crippen LogP contribution is -2.35. The van der Waals surface area contributed by atoms with Crippen molar-refractivity contribution in [1.29, 1.82) is 0 Å². The Morgan fingerprint density at radius 2 is 2.10 bits per heavy atom. The quantitative estimate of drug-likeness (QED) is 0.810. The molecule has 0 aromatic carbocycles. The van der Waals surface area contributed by atoms with E-state index in [0.717, 1.165) is 0 Å². The minimum absolute atomic E-state index is 0.0419. The van der Waals surface area contributed by atoms with Gasteiger partial charge in [0.15, 0.2) is 0 Å². The highest BCUT2D eigenvalue weighted by Crippen LogP contribution is 2.24. The van der Waals surface area contributed by atoms with Crippen LogP contribution in [0.5, 0.6) is 0 Å². The van der Waals surface area contributed by atoms with Gasteiger partial charge >= 0.3 is 5.97 Å². The molecule has 0 aliphatic carbocycles. The SMILES string of the molecule is CC(C)(C)CC(CNC(=O)c1cccnc1F)C(=O)O. The number of hydrogen-bond donors (Lipinski definition) is 2. The van der Waals surface area contributed by atoms with Gasteiger partial charge in [0.2, 0.25) is 5.95 Å². The number of amides is 1. The summed E-state index contributed by atoms with van der Waals surface area (Å²) in [5, 5.41) is 11.6. The molecule has 1 rings (SSSR count). The van der Waals surface area contributed by atoms with Crippen molar-refractivity contribution < 1.29 is 19.1 Å². The van der Waals surface area contributed by atoms with Gasteiger partial charge in [-0.1, -0.05) is 20.8 Å². The fraction of sp³-hybridized carbons (Fsp3) is 0.500. The second kappa shape index (κ2) is 6.45. The largest absolute Gasteiger partial charge is 0.481 e. The maximum atomic E-state index is 13.3. The van der Waals surface area contributed by atoms with E-state index in [9.17, 15) is 14.0 Å². The first kappa shape index (κ1) is 16.1. The molecule has 110 valence electrons. The Balaban J connectivity index is 2.67. The van der Waals surface area contributed by atoms with Gasteiger partial charge in [-0.3, -0.25) is 9.59 Å². The maximum absolute atomic E-state index is 13.3. The number of aliphatic carboxylic acids is 1. The summed E-state index contributed by atoms with van der Waals surface area (Å²) in [7, 11) is 0. The zero-order chi connectivity index (χ0) is 15.3. The number of carboxylic acids is 1. The first-order valence-corrected chi connectivity index (χ1v) is 6.32. The summed E-state index contributed by atoms with van der Waals surface area (Å²) in [6.45, 7) is 5.72. The predicted octanol–water partition coefficient (Wildman–Crippen LogP) is 2.09. The standard InChI is InChI=1S/C14H19FN2O3/c1-14(2,3)7-9(13(19)20)8-17-12(18)10-5-4-6-16-11(10)15/h4-6,9H,7-8H2,1-3H3,(H,17,18)(H,19,20). The molecule has 1 aromatic heterocycles. The summed E-state index contributed by atoms with van der Waals surface area (Å²) in [6.07, 6.45) is 1.66. The highest BCUT2D eigenvalue weighted by Gasteiger charge is 2.25. The van der Waals surface area contributed by atoms with Gasteiger partial charge in [0.25, 0.3) is 5.91 Å². The lowest BCUT2D eigenvalue weighted by atomic mass is 9.84. The number of halogens is 1. The molecule has 0 aliphatic heterocycles. The normalized spacial score (nSPS) is 12.8. The van der Waals surface area contributed by atoms with E-state index in [1.54, 1.807) is 0 Å². The third-order valence-corrected chi connectivity index (χ3v) is 2.72. The van der Waals surface area contributed by atoms with Crippen LogP contribution in [0.15, 0.2) is 18.3 Å². The van der Waals surface area contributed by atoms with E-state index >= 15 is 0 Å². The Kier molecular flexibility index (Phi) is 5.19. The minimum Gasteiger partial charge on any atom is -0.481 e. The molecule has 1 heterocycles. The van der Waals surface area contributed by atoms with Gasteiger partial charge in [-0.15, -0.1) is 0 Å². The van der Waals surface area contributed by atoms with Crippen LogP contribution in [-0.2, 0) is 4.79 Å². The lowest BCUT2D eigenvalue weighted by Gasteiger charge is -2.23. The molecule has 5 nitrogen and oxygen atoms in total. The number of nitrogens with zero attached hydrogens (tertiary/aromatic N) is 1. The number of carbonyl (C=O) groups excluding carboxylic acids is 1. The molecule has 0 fully saturated rings. The third kappa shape index (κ3) is 4.95. The van der Waals surface area contributed by atoms with Crippen molar-refractivity contribution in [1.82, 2.24) is 10.3 Å². The topological polar surface area (TPSA) is 79.3 Å². The molecule has 0 spiro atoms. The van der Waals surface area contributed by atoms with Crippen LogP contribution in [0, 0.1) is 17.3 Å². The number of pyridine rings is 1. The summed E-state index contributed by atoms with van der Waals surface area (Å²) in [5.41, 5.74) is -0.361. The Morgan fingerprint density at radius 1 is 1.45 bits per heavy atom. The van der Waals surface area contributed by atoms with Gasteiger partial charge in [0, 0.05) is 12.7 Å². The molecule has 2 N–H and O–H groups in total. The van der Waals surface area contributed by atoms with Gasteiger partial charge in [-0.25, -0.2) is 4.98 Å². The highest BCUT2D eigenvalue weighted by atomic mass is 19.1. The van der Waals surface area contributed by atoms with Crippen molar-refractivity contribution >= 4 is 11.9 Å². The zero-order valence-electron chi connectivity index (χ0n) is 11.8. The van der Waals surface area contributed by atoms with E-state index in [-0.39, 0.29) is 17.5 Å². The van der Waals surface area contributed by atoms with Crippen LogP contribution < -0.4 is 5.32 Å². The van der Waals surface area contributed by atoms with Crippen molar-refractivity contribution in [2.24, 2.45) is 11.3 Å². The summed E-state index contributed by atoms with van der Waals surface area (Å²) in [4.78, 5) is 26.3. The molecule has 0 saturated heterocycles. The van der Waals surface area contributed by atoms with Crippen molar-refractivity contribution in [3.8, 4) is 0 Å². The molecule has 6 heteroatoms. The smallest absolute Gasteiger partial charge is 0.308 e. The average molecular weight is 282 g/mol. The average Bonchev–Trinajstić information content (AvgIpc) is 2.33. The zero-order valence-corrected chi connectivity index (χ0v) is 11.8. The Bertz CT molecular complexity index is 497. The van der Waals surface area contributed by atoms with Gasteiger partial charge in [-0.2, -0.15) is 4.39 Å². The Labute approximate surface area is 117 Å². The van der Waals surface area contributed by atoms with Crippen molar-refractivity contribution in [3.05, 3.63) is 29.8 Å². The van der Waals surface area contributed by atoms with Gasteiger partial charge in [-0.05, 0) is 24.0 Å². The van der Waals surface area contributed by atoms with E-state index in [1.165, 1.54) is 18.3 Å². The van der Waals surface area contributed by atoms with Crippen molar-refractivity contribution in [2.45, 2.75) is 27.2 Å². The molecule has 0 radical (unpaired) electrons. The highest BCUT2D eigenvalue weighted by molar-refractivity contribution is 5.94. The van der Waals surface area contributed by atoms with Crippen LogP contribution in [0.25, 0.3) is 0 Å². The molecular formula is C14H19FN2O3. The number of carbonyl (C=O) groups is 2. The predicted molar refractivity (Wildman–Crippen MR) is 71.7 cm³/mol. The fourth-order valence-corrected chi connectivity index (χ4v) is 1.85. The van der Waals surface area contributed by atoms with Crippen LogP contribution in [-0.4, -0.2) is 28.5 Å². The molecule has 1 aromatic rings. The molecule has 20 heavy (non-hydrogen) atoms. The first-order chi connectivity index (χ1) is 9.20. The summed E-state index contributed by atoms with van der Waals surface area (Å²) in [5.74, 6) is -3.21. The molecular weight excluding hydrogens is 263 g/mol. The Morgan fingerprint density at radius 3 is 2.60 bits per heavy atom. The summed E-state index contributed by atoms with van der Waals surface area (Å²) in [6, 6.07) is 2.75. The lowest BCUT2D eigenvalue weighted by molar-refractivity contribution is -0.142. The van der Waals surface area contributed by atoms with E-state index < -0.39 is 23.7 Å². The monoisotopic (exact) mass is 282 g/mol. The minimum atomic E-state index is -0.980. The van der Waals surface area contributed by atoms with Crippen LogP contribution in [0.4, 0.5) is 4.39 Å². The summed E-state index contributed by atoms with van der Waals surface area (Å²) < 4.78 is 13.3. The molecule has 1 amide bonds. The van der Waals surface area contributed by atoms with E-state index in [1.807, 2.05) is 20.8 Å². The third-order valence-electron chi connectivity index (χ3n) is 2.72. The number of rotatable bonds is 5. The van der Waals surface area contributed by atoms with Gasteiger partial charge in [0.1, 0.15) is 0 Å². The number of aromatic nitrogens is 1. The van der Waals surface area contributed by atoms with E-state index in [0.29, 0.717) is 6.42 Å². The number of carboxylic acid groups (broad SMARTS) is 1. The summed E-state index contributed by atoms with van der Waals surface area (Å²) >= 11 is 0. The van der Waals surface area contributed by atoms with Crippen molar-refractivity contribution in [3.63, 3.8) is 0 Å². The maximum Gasteiger partial charge on any atom is 0.308 e. The van der Waals surface area contributed by atoms with Crippen LogP contribution >= 0.6 is 0 Å². The second-order valence-corrected chi connectivity index (χ2v) is 5.85. The molecule has 0 aliphatic rings. The fourth-order valence-electron chi connectivity index (χ4n) is 1.85. The second-order valence-electron chi connectivity index (χ2n) is 5.85. The van der Waals surface area contributed by atoms with Crippen molar-refractivity contribution in [2.75, 3.05) is 6.54 Å².